The van der Waals surface area contributed by atoms with Gasteiger partial charge >= 0.3 is 11.9 Å². The van der Waals surface area contributed by atoms with Crippen LogP contribution in [0.4, 0.5) is 5.69 Å². The van der Waals surface area contributed by atoms with Gasteiger partial charge < -0.3 is 15.1 Å². The highest BCUT2D eigenvalue weighted by Gasteiger charge is 2.21. The standard InChI is InChI=1S/C11H10ClNO5/c1-6(14)13(5-10(15)16)9-4-7(12)2-3-8(9)11(17)18/h2-4H,5H2,1H3,(H,15,16)(H,17,18). The lowest BCUT2D eigenvalue weighted by Crippen LogP contribution is -2.35. The van der Waals surface area contributed by atoms with Gasteiger partial charge in [0.25, 0.3) is 0 Å². The summed E-state index contributed by atoms with van der Waals surface area (Å²) in [5.74, 6) is -3.10. The minimum absolute atomic E-state index is 0.0371. The highest BCUT2D eigenvalue weighted by Crippen LogP contribution is 2.25. The van der Waals surface area contributed by atoms with E-state index in [1.54, 1.807) is 0 Å². The first-order chi connectivity index (χ1) is 8.32. The van der Waals surface area contributed by atoms with Gasteiger partial charge in [-0.2, -0.15) is 0 Å². The van der Waals surface area contributed by atoms with Crippen molar-refractivity contribution in [1.29, 1.82) is 0 Å². The third-order valence-corrected chi connectivity index (χ3v) is 2.39. The van der Waals surface area contributed by atoms with E-state index < -0.39 is 24.4 Å². The minimum Gasteiger partial charge on any atom is -0.480 e. The summed E-state index contributed by atoms with van der Waals surface area (Å²) in [4.78, 5) is 33.9. The van der Waals surface area contributed by atoms with E-state index in [-0.39, 0.29) is 16.3 Å². The van der Waals surface area contributed by atoms with Crippen molar-refractivity contribution in [3.63, 3.8) is 0 Å². The number of carboxylic acids is 2. The average molecular weight is 272 g/mol. The topological polar surface area (TPSA) is 94.9 Å². The Bertz CT molecular complexity index is 514. The fourth-order valence-corrected chi connectivity index (χ4v) is 1.58. The van der Waals surface area contributed by atoms with Crippen LogP contribution in [-0.4, -0.2) is 34.6 Å². The molecule has 0 unspecified atom stereocenters. The molecule has 96 valence electrons. The van der Waals surface area contributed by atoms with Gasteiger partial charge in [-0.05, 0) is 18.2 Å². The number of halogens is 1. The third kappa shape index (κ3) is 3.21. The third-order valence-electron chi connectivity index (χ3n) is 2.15. The molecular formula is C11H10ClNO5. The van der Waals surface area contributed by atoms with E-state index in [4.69, 9.17) is 21.8 Å². The molecule has 1 aromatic rings. The second-order valence-corrected chi connectivity index (χ2v) is 3.90. The van der Waals surface area contributed by atoms with Crippen molar-refractivity contribution in [1.82, 2.24) is 0 Å². The van der Waals surface area contributed by atoms with Crippen molar-refractivity contribution in [3.05, 3.63) is 28.8 Å². The Labute approximate surface area is 107 Å². The fourth-order valence-electron chi connectivity index (χ4n) is 1.41. The van der Waals surface area contributed by atoms with Gasteiger partial charge in [-0.25, -0.2) is 4.79 Å². The minimum atomic E-state index is -1.27. The van der Waals surface area contributed by atoms with E-state index in [1.807, 2.05) is 0 Å². The van der Waals surface area contributed by atoms with Crippen molar-refractivity contribution >= 4 is 35.1 Å². The lowest BCUT2D eigenvalue weighted by atomic mass is 10.1. The summed E-state index contributed by atoms with van der Waals surface area (Å²) in [6.07, 6.45) is 0. The second-order valence-electron chi connectivity index (χ2n) is 3.47. The van der Waals surface area contributed by atoms with Crippen LogP contribution < -0.4 is 4.90 Å². The first kappa shape index (κ1) is 14.0. The Kier molecular flexibility index (Phi) is 4.28. The molecule has 0 spiro atoms. The number of carboxylic acid groups (broad SMARTS) is 2. The molecule has 0 radical (unpaired) electrons. The molecule has 18 heavy (non-hydrogen) atoms. The molecule has 6 nitrogen and oxygen atoms in total. The molecule has 0 saturated heterocycles. The number of rotatable bonds is 4. The number of hydrogen-bond donors (Lipinski definition) is 2. The number of hydrogen-bond acceptors (Lipinski definition) is 3. The Morgan fingerprint density at radius 1 is 1.28 bits per heavy atom. The van der Waals surface area contributed by atoms with Gasteiger partial charge in [-0.15, -0.1) is 0 Å². The summed E-state index contributed by atoms with van der Waals surface area (Å²) in [5.41, 5.74) is -0.222. The van der Waals surface area contributed by atoms with Crippen LogP contribution in [0.1, 0.15) is 17.3 Å². The van der Waals surface area contributed by atoms with Gasteiger partial charge in [0.2, 0.25) is 5.91 Å². The Balaban J connectivity index is 3.33. The molecule has 0 saturated carbocycles. The zero-order chi connectivity index (χ0) is 13.9. The monoisotopic (exact) mass is 271 g/mol. The van der Waals surface area contributed by atoms with Crippen LogP contribution in [0.3, 0.4) is 0 Å². The number of benzene rings is 1. The Hall–Kier alpha value is -2.08. The largest absolute Gasteiger partial charge is 0.480 e. The van der Waals surface area contributed by atoms with Gasteiger partial charge in [0.1, 0.15) is 6.54 Å². The van der Waals surface area contributed by atoms with Gasteiger partial charge in [0, 0.05) is 11.9 Å². The molecule has 0 aliphatic carbocycles. The van der Waals surface area contributed by atoms with Crippen molar-refractivity contribution in [2.24, 2.45) is 0 Å². The molecule has 1 aromatic carbocycles. The number of aliphatic carboxylic acids is 1. The summed E-state index contributed by atoms with van der Waals surface area (Å²) in [5, 5.41) is 17.9. The summed E-state index contributed by atoms with van der Waals surface area (Å²) in [6, 6.07) is 3.82. The number of aromatic carboxylic acids is 1. The van der Waals surface area contributed by atoms with Crippen LogP contribution in [0.25, 0.3) is 0 Å². The molecule has 7 heteroatoms. The van der Waals surface area contributed by atoms with E-state index in [0.717, 1.165) is 11.8 Å². The van der Waals surface area contributed by atoms with E-state index in [1.165, 1.54) is 18.2 Å². The zero-order valence-corrected chi connectivity index (χ0v) is 10.1. The molecule has 0 aromatic heterocycles. The summed E-state index contributed by atoms with van der Waals surface area (Å²) in [6.45, 7) is 0.519. The number of carbonyl (C=O) groups is 3. The van der Waals surface area contributed by atoms with Crippen molar-refractivity contribution in [2.75, 3.05) is 11.4 Å². The fraction of sp³-hybridized carbons (Fsp3) is 0.182. The highest BCUT2D eigenvalue weighted by molar-refractivity contribution is 6.31. The van der Waals surface area contributed by atoms with Crippen molar-refractivity contribution < 1.29 is 24.6 Å². The first-order valence-corrected chi connectivity index (χ1v) is 5.23. The predicted molar refractivity (Wildman–Crippen MR) is 64.1 cm³/mol. The maximum atomic E-state index is 11.4. The predicted octanol–water partition coefficient (Wildman–Crippen LogP) is 1.48. The molecule has 0 aliphatic rings. The number of amides is 1. The van der Waals surface area contributed by atoms with E-state index in [9.17, 15) is 14.4 Å². The molecule has 1 amide bonds. The highest BCUT2D eigenvalue weighted by atomic mass is 35.5. The second kappa shape index (κ2) is 5.50. The molecule has 0 aliphatic heterocycles. The normalized spacial score (nSPS) is 9.89. The molecule has 0 bridgehead atoms. The number of carbonyl (C=O) groups excluding carboxylic acids is 1. The summed E-state index contributed by atoms with van der Waals surface area (Å²) >= 11 is 5.73. The van der Waals surface area contributed by atoms with Crippen LogP contribution >= 0.6 is 11.6 Å². The van der Waals surface area contributed by atoms with Crippen LogP contribution in [0.5, 0.6) is 0 Å². The lowest BCUT2D eigenvalue weighted by Gasteiger charge is -2.21. The molecule has 0 fully saturated rings. The summed E-state index contributed by atoms with van der Waals surface area (Å²) in [7, 11) is 0. The Morgan fingerprint density at radius 2 is 1.89 bits per heavy atom. The first-order valence-electron chi connectivity index (χ1n) is 4.85. The maximum Gasteiger partial charge on any atom is 0.337 e. The molecule has 2 N–H and O–H groups in total. The quantitative estimate of drug-likeness (QED) is 0.865. The van der Waals surface area contributed by atoms with Crippen molar-refractivity contribution in [3.8, 4) is 0 Å². The molecule has 1 rings (SSSR count). The smallest absolute Gasteiger partial charge is 0.337 e. The number of anilines is 1. The number of nitrogens with zero attached hydrogens (tertiary/aromatic N) is 1. The molecule has 0 atom stereocenters. The van der Waals surface area contributed by atoms with Crippen LogP contribution in [0, 0.1) is 0 Å². The maximum absolute atomic E-state index is 11.4. The van der Waals surface area contributed by atoms with Gasteiger partial charge in [0.05, 0.1) is 11.3 Å². The zero-order valence-electron chi connectivity index (χ0n) is 9.38. The average Bonchev–Trinajstić information content (AvgIpc) is 2.24. The Morgan fingerprint density at radius 3 is 2.33 bits per heavy atom. The van der Waals surface area contributed by atoms with Crippen molar-refractivity contribution in [2.45, 2.75) is 6.92 Å². The van der Waals surface area contributed by atoms with Gasteiger partial charge in [-0.1, -0.05) is 11.6 Å². The van der Waals surface area contributed by atoms with Gasteiger partial charge in [0.15, 0.2) is 0 Å². The SMILES string of the molecule is CC(=O)N(CC(=O)O)c1cc(Cl)ccc1C(=O)O. The van der Waals surface area contributed by atoms with Gasteiger partial charge in [-0.3, -0.25) is 9.59 Å². The van der Waals surface area contributed by atoms with E-state index >= 15 is 0 Å². The van der Waals surface area contributed by atoms with Crippen LogP contribution in [0.15, 0.2) is 18.2 Å². The molecule has 0 heterocycles. The molecular weight excluding hydrogens is 262 g/mol. The lowest BCUT2D eigenvalue weighted by molar-refractivity contribution is -0.136. The van der Waals surface area contributed by atoms with E-state index in [0.29, 0.717) is 0 Å². The van der Waals surface area contributed by atoms with Crippen LogP contribution in [0.2, 0.25) is 5.02 Å². The summed E-state index contributed by atoms with van der Waals surface area (Å²) < 4.78 is 0. The van der Waals surface area contributed by atoms with Crippen LogP contribution in [-0.2, 0) is 9.59 Å². The van der Waals surface area contributed by atoms with E-state index in [2.05, 4.69) is 0 Å².